The standard InChI is InChI=1S/C14H10Cl2F2O/c1-19-13-5-3-8(6-10(13)15)14(16)9-2-4-11(17)12(18)7-9/h2-7,14H,1H3. The van der Waals surface area contributed by atoms with E-state index in [4.69, 9.17) is 27.9 Å². The van der Waals surface area contributed by atoms with Crippen molar-refractivity contribution >= 4 is 23.2 Å². The van der Waals surface area contributed by atoms with Crippen molar-refractivity contribution in [1.82, 2.24) is 0 Å². The largest absolute Gasteiger partial charge is 0.495 e. The molecule has 1 nitrogen and oxygen atoms in total. The molecule has 0 fully saturated rings. The number of benzene rings is 2. The third kappa shape index (κ3) is 2.99. The van der Waals surface area contributed by atoms with E-state index in [1.165, 1.54) is 13.2 Å². The van der Waals surface area contributed by atoms with Crippen molar-refractivity contribution in [3.63, 3.8) is 0 Å². The minimum Gasteiger partial charge on any atom is -0.495 e. The highest BCUT2D eigenvalue weighted by atomic mass is 35.5. The van der Waals surface area contributed by atoms with Crippen molar-refractivity contribution in [3.05, 3.63) is 64.2 Å². The van der Waals surface area contributed by atoms with Crippen LogP contribution in [0.25, 0.3) is 0 Å². The second-order valence-corrected chi connectivity index (χ2v) is 4.77. The normalized spacial score (nSPS) is 12.3. The first-order valence-electron chi connectivity index (χ1n) is 5.45. The Bertz CT molecular complexity index is 602. The molecule has 19 heavy (non-hydrogen) atoms. The number of alkyl halides is 1. The van der Waals surface area contributed by atoms with Crippen LogP contribution in [0.5, 0.6) is 5.75 Å². The maximum Gasteiger partial charge on any atom is 0.159 e. The van der Waals surface area contributed by atoms with E-state index in [2.05, 4.69) is 0 Å². The molecule has 0 aliphatic heterocycles. The third-order valence-electron chi connectivity index (χ3n) is 2.70. The van der Waals surface area contributed by atoms with E-state index >= 15 is 0 Å². The van der Waals surface area contributed by atoms with E-state index in [-0.39, 0.29) is 0 Å². The van der Waals surface area contributed by atoms with Crippen LogP contribution >= 0.6 is 23.2 Å². The van der Waals surface area contributed by atoms with Crippen molar-refractivity contribution < 1.29 is 13.5 Å². The van der Waals surface area contributed by atoms with E-state index < -0.39 is 17.0 Å². The second kappa shape index (κ2) is 5.76. The zero-order chi connectivity index (χ0) is 14.0. The highest BCUT2D eigenvalue weighted by molar-refractivity contribution is 6.32. The molecule has 0 saturated carbocycles. The van der Waals surface area contributed by atoms with Crippen LogP contribution in [0.15, 0.2) is 36.4 Å². The Labute approximate surface area is 119 Å². The van der Waals surface area contributed by atoms with Gasteiger partial charge in [0.2, 0.25) is 0 Å². The Hall–Kier alpha value is -1.32. The summed E-state index contributed by atoms with van der Waals surface area (Å²) in [4.78, 5) is 0. The molecule has 0 bridgehead atoms. The van der Waals surface area contributed by atoms with Gasteiger partial charge >= 0.3 is 0 Å². The van der Waals surface area contributed by atoms with Gasteiger partial charge in [0, 0.05) is 0 Å². The van der Waals surface area contributed by atoms with Crippen molar-refractivity contribution in [2.75, 3.05) is 7.11 Å². The molecule has 0 amide bonds. The first-order valence-corrected chi connectivity index (χ1v) is 6.27. The van der Waals surface area contributed by atoms with Gasteiger partial charge in [-0.05, 0) is 35.4 Å². The summed E-state index contributed by atoms with van der Waals surface area (Å²) < 4.78 is 31.1. The lowest BCUT2D eigenvalue weighted by atomic mass is 10.0. The zero-order valence-corrected chi connectivity index (χ0v) is 11.5. The van der Waals surface area contributed by atoms with Gasteiger partial charge in [0.05, 0.1) is 17.5 Å². The molecule has 0 spiro atoms. The van der Waals surface area contributed by atoms with E-state index in [1.54, 1.807) is 18.2 Å². The Balaban J connectivity index is 2.35. The quantitative estimate of drug-likeness (QED) is 0.729. The summed E-state index contributed by atoms with van der Waals surface area (Å²) in [6.45, 7) is 0. The SMILES string of the molecule is COc1ccc(C(Cl)c2ccc(F)c(F)c2)cc1Cl. The molecule has 0 heterocycles. The first-order chi connectivity index (χ1) is 9.02. The lowest BCUT2D eigenvalue weighted by molar-refractivity contribution is 0.415. The molecule has 0 aromatic heterocycles. The number of rotatable bonds is 3. The molecule has 1 unspecified atom stereocenters. The molecule has 0 radical (unpaired) electrons. The average molecular weight is 303 g/mol. The molecule has 5 heteroatoms. The van der Waals surface area contributed by atoms with Gasteiger partial charge in [-0.15, -0.1) is 11.6 Å². The summed E-state index contributed by atoms with van der Waals surface area (Å²) in [7, 11) is 1.51. The highest BCUT2D eigenvalue weighted by Gasteiger charge is 2.15. The summed E-state index contributed by atoms with van der Waals surface area (Å²) in [6.07, 6.45) is 0. The monoisotopic (exact) mass is 302 g/mol. The number of hydrogen-bond donors (Lipinski definition) is 0. The van der Waals surface area contributed by atoms with Crippen LogP contribution in [-0.2, 0) is 0 Å². The Kier molecular flexibility index (Phi) is 4.27. The Morgan fingerprint density at radius 2 is 1.63 bits per heavy atom. The molecule has 1 atom stereocenters. The third-order valence-corrected chi connectivity index (χ3v) is 3.50. The maximum atomic E-state index is 13.2. The predicted molar refractivity (Wildman–Crippen MR) is 72.1 cm³/mol. The highest BCUT2D eigenvalue weighted by Crippen LogP contribution is 2.34. The molecule has 0 saturated heterocycles. The van der Waals surface area contributed by atoms with Gasteiger partial charge in [-0.1, -0.05) is 23.7 Å². The van der Waals surface area contributed by atoms with Gasteiger partial charge in [-0.3, -0.25) is 0 Å². The topological polar surface area (TPSA) is 9.23 Å². The summed E-state index contributed by atoms with van der Waals surface area (Å²) in [6, 6.07) is 8.60. The zero-order valence-electron chi connectivity index (χ0n) is 9.96. The van der Waals surface area contributed by atoms with Gasteiger partial charge in [-0.2, -0.15) is 0 Å². The molecular weight excluding hydrogens is 293 g/mol. The van der Waals surface area contributed by atoms with Crippen LogP contribution in [0.3, 0.4) is 0 Å². The van der Waals surface area contributed by atoms with Gasteiger partial charge in [0.15, 0.2) is 11.6 Å². The fraction of sp³-hybridized carbons (Fsp3) is 0.143. The van der Waals surface area contributed by atoms with E-state index in [1.807, 2.05) is 0 Å². The second-order valence-electron chi connectivity index (χ2n) is 3.93. The van der Waals surface area contributed by atoms with Gasteiger partial charge in [0.1, 0.15) is 5.75 Å². The van der Waals surface area contributed by atoms with Crippen LogP contribution in [0.2, 0.25) is 5.02 Å². The van der Waals surface area contributed by atoms with Gasteiger partial charge < -0.3 is 4.74 Å². The molecule has 100 valence electrons. The van der Waals surface area contributed by atoms with Crippen LogP contribution in [0, 0.1) is 11.6 Å². The average Bonchev–Trinajstić information content (AvgIpc) is 2.41. The smallest absolute Gasteiger partial charge is 0.159 e. The lowest BCUT2D eigenvalue weighted by Crippen LogP contribution is -1.96. The predicted octanol–water partition coefficient (Wildman–Crippen LogP) is 4.96. The minimum atomic E-state index is -0.928. The number of halogens is 4. The Morgan fingerprint density at radius 1 is 1.00 bits per heavy atom. The maximum absolute atomic E-state index is 13.2. The van der Waals surface area contributed by atoms with Crippen molar-refractivity contribution in [2.45, 2.75) is 5.38 Å². The van der Waals surface area contributed by atoms with Gasteiger partial charge in [-0.25, -0.2) is 8.78 Å². The first kappa shape index (κ1) is 14.1. The molecule has 2 aromatic carbocycles. The molecular formula is C14H10Cl2F2O. The lowest BCUT2D eigenvalue weighted by Gasteiger charge is -2.12. The van der Waals surface area contributed by atoms with E-state index in [9.17, 15) is 8.78 Å². The van der Waals surface area contributed by atoms with Crippen molar-refractivity contribution in [2.24, 2.45) is 0 Å². The van der Waals surface area contributed by atoms with Crippen LogP contribution in [0.1, 0.15) is 16.5 Å². The number of ether oxygens (including phenoxy) is 1. The van der Waals surface area contributed by atoms with E-state index in [0.717, 1.165) is 12.1 Å². The van der Waals surface area contributed by atoms with Gasteiger partial charge in [0.25, 0.3) is 0 Å². The summed E-state index contributed by atoms with van der Waals surface area (Å²) in [5.74, 6) is -1.30. The van der Waals surface area contributed by atoms with Crippen LogP contribution in [-0.4, -0.2) is 7.11 Å². The minimum absolute atomic E-state index is 0.410. The fourth-order valence-corrected chi connectivity index (χ4v) is 2.24. The molecule has 2 aromatic rings. The fourth-order valence-electron chi connectivity index (χ4n) is 1.70. The summed E-state index contributed by atoms with van der Waals surface area (Å²) in [5.41, 5.74) is 1.14. The number of hydrogen-bond acceptors (Lipinski definition) is 1. The number of methoxy groups -OCH3 is 1. The Morgan fingerprint density at radius 3 is 2.21 bits per heavy atom. The molecule has 0 N–H and O–H groups in total. The van der Waals surface area contributed by atoms with Crippen LogP contribution < -0.4 is 4.74 Å². The van der Waals surface area contributed by atoms with E-state index in [0.29, 0.717) is 21.9 Å². The summed E-state index contributed by atoms with van der Waals surface area (Å²) in [5, 5.41) is -0.202. The molecule has 0 aliphatic carbocycles. The molecule has 2 rings (SSSR count). The summed E-state index contributed by atoms with van der Waals surface area (Å²) >= 11 is 12.2. The van der Waals surface area contributed by atoms with Crippen molar-refractivity contribution in [3.8, 4) is 5.75 Å². The van der Waals surface area contributed by atoms with Crippen molar-refractivity contribution in [1.29, 1.82) is 0 Å². The van der Waals surface area contributed by atoms with Crippen LogP contribution in [0.4, 0.5) is 8.78 Å². The molecule has 0 aliphatic rings.